The molecule has 0 aliphatic heterocycles. The van der Waals surface area contributed by atoms with Crippen molar-refractivity contribution in [3.8, 4) is 11.4 Å². The van der Waals surface area contributed by atoms with Crippen molar-refractivity contribution >= 4 is 34.4 Å². The van der Waals surface area contributed by atoms with Crippen molar-refractivity contribution in [2.24, 2.45) is 0 Å². The number of hydrogen-bond donors (Lipinski definition) is 2. The molecule has 0 saturated carbocycles. The van der Waals surface area contributed by atoms with Crippen LogP contribution in [0.3, 0.4) is 0 Å². The maximum absolute atomic E-state index is 13.0. The summed E-state index contributed by atoms with van der Waals surface area (Å²) in [5, 5.41) is 10.2. The van der Waals surface area contributed by atoms with Crippen LogP contribution in [-0.4, -0.2) is 38.5 Å². The largest absolute Gasteiger partial charge is 0.495 e. The summed E-state index contributed by atoms with van der Waals surface area (Å²) in [5.74, 6) is 0.402. The van der Waals surface area contributed by atoms with Crippen LogP contribution in [0.25, 0.3) is 16.7 Å². The minimum Gasteiger partial charge on any atom is -0.495 e. The minimum atomic E-state index is -0.248. The van der Waals surface area contributed by atoms with Gasteiger partial charge in [0, 0.05) is 0 Å². The van der Waals surface area contributed by atoms with E-state index in [4.69, 9.17) is 4.74 Å². The van der Waals surface area contributed by atoms with Crippen molar-refractivity contribution in [2.45, 2.75) is 5.16 Å². The van der Waals surface area contributed by atoms with E-state index in [9.17, 15) is 9.59 Å². The summed E-state index contributed by atoms with van der Waals surface area (Å²) in [7, 11) is 1.54. The summed E-state index contributed by atoms with van der Waals surface area (Å²) >= 11 is 1.17. The highest BCUT2D eigenvalue weighted by atomic mass is 32.2. The van der Waals surface area contributed by atoms with Gasteiger partial charge in [-0.2, -0.15) is 5.10 Å². The number of para-hydroxylation sites is 3. The van der Waals surface area contributed by atoms with Gasteiger partial charge in [-0.3, -0.25) is 19.3 Å². The number of methoxy groups -OCH3 is 1. The SMILES string of the molecule is COc1ccccc1NC(=O)CSc1nc2[nH]ncc2c(=O)n1-c1ccccc1. The average molecular weight is 407 g/mol. The molecule has 9 heteroatoms. The van der Waals surface area contributed by atoms with E-state index in [0.717, 1.165) is 0 Å². The Labute approximate surface area is 169 Å². The van der Waals surface area contributed by atoms with Crippen LogP contribution >= 0.6 is 11.8 Å². The molecule has 0 unspecified atom stereocenters. The molecular weight excluding hydrogens is 390 g/mol. The minimum absolute atomic E-state index is 0.0664. The Morgan fingerprint density at radius 3 is 2.72 bits per heavy atom. The molecule has 0 atom stereocenters. The summed E-state index contributed by atoms with van der Waals surface area (Å²) in [6.07, 6.45) is 1.45. The zero-order chi connectivity index (χ0) is 20.2. The van der Waals surface area contributed by atoms with Crippen molar-refractivity contribution in [1.29, 1.82) is 0 Å². The van der Waals surface area contributed by atoms with Gasteiger partial charge in [0.2, 0.25) is 5.91 Å². The zero-order valence-corrected chi connectivity index (χ0v) is 16.3. The number of amides is 1. The average Bonchev–Trinajstić information content (AvgIpc) is 3.22. The number of benzene rings is 2. The third-order valence-electron chi connectivity index (χ3n) is 4.18. The van der Waals surface area contributed by atoms with E-state index in [1.807, 2.05) is 42.5 Å². The molecule has 1 amide bonds. The molecular formula is C20H17N5O3S. The monoisotopic (exact) mass is 407 g/mol. The van der Waals surface area contributed by atoms with Gasteiger partial charge < -0.3 is 10.1 Å². The number of carbonyl (C=O) groups is 1. The van der Waals surface area contributed by atoms with Crippen LogP contribution in [0, 0.1) is 0 Å². The molecule has 29 heavy (non-hydrogen) atoms. The van der Waals surface area contributed by atoms with Gasteiger partial charge in [-0.25, -0.2) is 4.98 Å². The Kier molecular flexibility index (Phi) is 5.30. The Morgan fingerprint density at radius 2 is 1.93 bits per heavy atom. The van der Waals surface area contributed by atoms with E-state index in [-0.39, 0.29) is 17.2 Å². The van der Waals surface area contributed by atoms with Gasteiger partial charge in [0.05, 0.1) is 30.4 Å². The lowest BCUT2D eigenvalue weighted by atomic mass is 10.3. The highest BCUT2D eigenvalue weighted by Gasteiger charge is 2.16. The molecule has 0 saturated heterocycles. The van der Waals surface area contributed by atoms with Gasteiger partial charge in [0.15, 0.2) is 10.8 Å². The number of ether oxygens (including phenoxy) is 1. The van der Waals surface area contributed by atoms with Gasteiger partial charge in [-0.15, -0.1) is 0 Å². The second-order valence-corrected chi connectivity index (χ2v) is 6.98. The van der Waals surface area contributed by atoms with Crippen LogP contribution < -0.4 is 15.6 Å². The van der Waals surface area contributed by atoms with Gasteiger partial charge >= 0.3 is 0 Å². The first-order valence-electron chi connectivity index (χ1n) is 8.74. The summed E-state index contributed by atoms with van der Waals surface area (Å²) < 4.78 is 6.74. The van der Waals surface area contributed by atoms with Gasteiger partial charge in [0.25, 0.3) is 5.56 Å². The molecule has 4 rings (SSSR count). The Bertz CT molecular complexity index is 1220. The zero-order valence-electron chi connectivity index (χ0n) is 15.5. The molecule has 2 aromatic heterocycles. The quantitative estimate of drug-likeness (QED) is 0.376. The maximum Gasteiger partial charge on any atom is 0.269 e. The number of aromatic nitrogens is 4. The standard InChI is InChI=1S/C20H17N5O3S/c1-28-16-10-6-5-9-15(16)22-17(26)12-29-20-23-18-14(11-21-24-18)19(27)25(20)13-7-3-2-4-8-13/h2-11H,12H2,1H3,(H,21,24)(H,22,26). The molecule has 4 aromatic rings. The number of hydrogen-bond acceptors (Lipinski definition) is 6. The van der Waals surface area contributed by atoms with E-state index in [2.05, 4.69) is 20.5 Å². The summed E-state index contributed by atoms with van der Waals surface area (Å²) in [6.45, 7) is 0. The fourth-order valence-electron chi connectivity index (χ4n) is 2.84. The van der Waals surface area contributed by atoms with E-state index in [1.54, 1.807) is 19.2 Å². The normalized spacial score (nSPS) is 10.8. The highest BCUT2D eigenvalue weighted by molar-refractivity contribution is 7.99. The molecule has 2 heterocycles. The first-order valence-corrected chi connectivity index (χ1v) is 9.73. The molecule has 2 aromatic carbocycles. The molecule has 2 N–H and O–H groups in total. The first kappa shape index (κ1) is 18.8. The van der Waals surface area contributed by atoms with Crippen LogP contribution in [0.1, 0.15) is 0 Å². The Morgan fingerprint density at radius 1 is 1.17 bits per heavy atom. The smallest absolute Gasteiger partial charge is 0.269 e. The number of aromatic amines is 1. The molecule has 0 aliphatic rings. The Hall–Kier alpha value is -3.59. The van der Waals surface area contributed by atoms with Crippen molar-refractivity contribution in [2.75, 3.05) is 18.2 Å². The van der Waals surface area contributed by atoms with Crippen LogP contribution in [0.4, 0.5) is 5.69 Å². The second kappa shape index (κ2) is 8.19. The molecule has 0 spiro atoms. The summed E-state index contributed by atoms with van der Waals surface area (Å²) in [6, 6.07) is 16.3. The van der Waals surface area contributed by atoms with Gasteiger partial charge in [0.1, 0.15) is 11.1 Å². The van der Waals surface area contributed by atoms with E-state index >= 15 is 0 Å². The summed E-state index contributed by atoms with van der Waals surface area (Å²) in [5.41, 5.74) is 1.39. The predicted octanol–water partition coefficient (Wildman–Crippen LogP) is 2.85. The number of fused-ring (bicyclic) bond motifs is 1. The van der Waals surface area contributed by atoms with Crippen molar-refractivity contribution in [1.82, 2.24) is 19.7 Å². The first-order chi connectivity index (χ1) is 14.2. The van der Waals surface area contributed by atoms with Crippen LogP contribution in [0.2, 0.25) is 0 Å². The molecule has 0 bridgehead atoms. The lowest BCUT2D eigenvalue weighted by Crippen LogP contribution is -2.22. The third-order valence-corrected chi connectivity index (χ3v) is 5.12. The van der Waals surface area contributed by atoms with E-state index in [1.165, 1.54) is 22.5 Å². The number of nitrogens with one attached hydrogen (secondary N) is 2. The van der Waals surface area contributed by atoms with E-state index in [0.29, 0.717) is 33.3 Å². The fraction of sp³-hybridized carbons (Fsp3) is 0.100. The fourth-order valence-corrected chi connectivity index (χ4v) is 3.65. The number of nitrogens with zero attached hydrogens (tertiary/aromatic N) is 3. The van der Waals surface area contributed by atoms with Crippen molar-refractivity contribution in [3.63, 3.8) is 0 Å². The lowest BCUT2D eigenvalue weighted by Gasteiger charge is -2.12. The lowest BCUT2D eigenvalue weighted by molar-refractivity contribution is -0.113. The number of anilines is 1. The number of carbonyl (C=O) groups excluding carboxylic acids is 1. The Balaban J connectivity index is 1.62. The maximum atomic E-state index is 13.0. The van der Waals surface area contributed by atoms with Gasteiger partial charge in [-0.1, -0.05) is 42.1 Å². The molecule has 0 radical (unpaired) electrons. The molecule has 146 valence electrons. The second-order valence-electron chi connectivity index (χ2n) is 6.04. The predicted molar refractivity (Wildman–Crippen MR) is 112 cm³/mol. The molecule has 8 nitrogen and oxygen atoms in total. The highest BCUT2D eigenvalue weighted by Crippen LogP contribution is 2.24. The summed E-state index contributed by atoms with van der Waals surface area (Å²) in [4.78, 5) is 29.9. The third kappa shape index (κ3) is 3.85. The van der Waals surface area contributed by atoms with Gasteiger partial charge in [-0.05, 0) is 24.3 Å². The number of H-pyrrole nitrogens is 1. The van der Waals surface area contributed by atoms with Crippen molar-refractivity contribution in [3.05, 3.63) is 71.1 Å². The topological polar surface area (TPSA) is 102 Å². The van der Waals surface area contributed by atoms with Crippen LogP contribution in [0.15, 0.2) is 70.7 Å². The molecule has 0 aliphatic carbocycles. The van der Waals surface area contributed by atoms with Crippen LogP contribution in [0.5, 0.6) is 5.75 Å². The van der Waals surface area contributed by atoms with Crippen molar-refractivity contribution < 1.29 is 9.53 Å². The van der Waals surface area contributed by atoms with Crippen LogP contribution in [-0.2, 0) is 4.79 Å². The number of thioether (sulfide) groups is 1. The number of rotatable bonds is 6. The molecule has 0 fully saturated rings. The van der Waals surface area contributed by atoms with E-state index < -0.39 is 0 Å².